The quantitative estimate of drug-likeness (QED) is 0.614. The molecule has 0 heterocycles. The van der Waals surface area contributed by atoms with Gasteiger partial charge >= 0.3 is 0 Å². The summed E-state index contributed by atoms with van der Waals surface area (Å²) in [6, 6.07) is 0. The first kappa shape index (κ1) is 13.9. The van der Waals surface area contributed by atoms with Crippen molar-refractivity contribution in [3.8, 4) is 0 Å². The average molecular weight is 203 g/mol. The highest BCUT2D eigenvalue weighted by Crippen LogP contribution is 2.04. The van der Waals surface area contributed by atoms with E-state index in [0.717, 1.165) is 32.2 Å². The third-order valence-corrected chi connectivity index (χ3v) is 2.28. The highest BCUT2D eigenvalue weighted by Gasteiger charge is 2.03. The van der Waals surface area contributed by atoms with Gasteiger partial charge in [-0.1, -0.05) is 13.8 Å². The summed E-state index contributed by atoms with van der Waals surface area (Å²) < 4.78 is 5.02. The van der Waals surface area contributed by atoms with Crippen LogP contribution in [0.1, 0.15) is 26.7 Å². The Kier molecular flexibility index (Phi) is 9.35. The van der Waals surface area contributed by atoms with Crippen LogP contribution in [0.3, 0.4) is 0 Å². The molecule has 86 valence electrons. The molecule has 0 rings (SSSR count). The Morgan fingerprint density at radius 3 is 2.43 bits per heavy atom. The van der Waals surface area contributed by atoms with Gasteiger partial charge in [0.2, 0.25) is 0 Å². The molecule has 14 heavy (non-hydrogen) atoms. The zero-order chi connectivity index (χ0) is 10.8. The standard InChI is InChI=1S/C11H25NO2/c1-11(2)5-4-6-12(7-9-13)8-10-14-3/h11,13H,4-10H2,1-3H3. The Hall–Kier alpha value is -0.120. The van der Waals surface area contributed by atoms with Gasteiger partial charge in [-0.25, -0.2) is 0 Å². The number of rotatable bonds is 9. The number of hydrogen-bond donors (Lipinski definition) is 1. The number of hydrogen-bond acceptors (Lipinski definition) is 3. The van der Waals surface area contributed by atoms with Crippen molar-refractivity contribution in [1.29, 1.82) is 0 Å². The Morgan fingerprint density at radius 2 is 1.93 bits per heavy atom. The van der Waals surface area contributed by atoms with Gasteiger partial charge in [0.1, 0.15) is 0 Å². The molecule has 0 bridgehead atoms. The number of aliphatic hydroxyl groups is 1. The van der Waals surface area contributed by atoms with Gasteiger partial charge in [-0.15, -0.1) is 0 Å². The van der Waals surface area contributed by atoms with Gasteiger partial charge in [0.05, 0.1) is 13.2 Å². The van der Waals surface area contributed by atoms with Crippen LogP contribution in [0.25, 0.3) is 0 Å². The second kappa shape index (κ2) is 9.44. The fraction of sp³-hybridized carbons (Fsp3) is 1.00. The molecule has 3 heteroatoms. The highest BCUT2D eigenvalue weighted by atomic mass is 16.5. The fourth-order valence-electron chi connectivity index (χ4n) is 1.42. The summed E-state index contributed by atoms with van der Waals surface area (Å²) in [6.07, 6.45) is 2.47. The fourth-order valence-corrected chi connectivity index (χ4v) is 1.42. The zero-order valence-corrected chi connectivity index (χ0v) is 9.83. The minimum atomic E-state index is 0.241. The van der Waals surface area contributed by atoms with E-state index >= 15 is 0 Å². The molecule has 0 spiro atoms. The molecule has 0 radical (unpaired) electrons. The van der Waals surface area contributed by atoms with Gasteiger partial charge in [-0.2, -0.15) is 0 Å². The lowest BCUT2D eigenvalue weighted by atomic mass is 10.1. The van der Waals surface area contributed by atoms with Crippen LogP contribution in [0, 0.1) is 5.92 Å². The maximum absolute atomic E-state index is 8.86. The minimum Gasteiger partial charge on any atom is -0.395 e. The molecular weight excluding hydrogens is 178 g/mol. The van der Waals surface area contributed by atoms with Crippen molar-refractivity contribution in [2.45, 2.75) is 26.7 Å². The van der Waals surface area contributed by atoms with E-state index in [0.29, 0.717) is 0 Å². The van der Waals surface area contributed by atoms with E-state index in [2.05, 4.69) is 18.7 Å². The van der Waals surface area contributed by atoms with E-state index in [1.165, 1.54) is 12.8 Å². The number of aliphatic hydroxyl groups excluding tert-OH is 1. The van der Waals surface area contributed by atoms with Crippen LogP contribution in [0.4, 0.5) is 0 Å². The molecule has 0 fully saturated rings. The van der Waals surface area contributed by atoms with Crippen LogP contribution in [-0.4, -0.2) is 50.0 Å². The highest BCUT2D eigenvalue weighted by molar-refractivity contribution is 4.58. The predicted octanol–water partition coefficient (Wildman–Crippen LogP) is 1.36. The smallest absolute Gasteiger partial charge is 0.0589 e. The summed E-state index contributed by atoms with van der Waals surface area (Å²) in [6.45, 7) is 8.24. The maximum Gasteiger partial charge on any atom is 0.0589 e. The monoisotopic (exact) mass is 203 g/mol. The van der Waals surface area contributed by atoms with Crippen LogP contribution in [0.5, 0.6) is 0 Å². The third kappa shape index (κ3) is 8.48. The van der Waals surface area contributed by atoms with Crippen LogP contribution in [-0.2, 0) is 4.74 Å². The van der Waals surface area contributed by atoms with Crippen molar-refractivity contribution in [2.75, 3.05) is 40.0 Å². The second-order valence-corrected chi connectivity index (χ2v) is 4.09. The van der Waals surface area contributed by atoms with E-state index in [1.54, 1.807) is 7.11 Å². The Morgan fingerprint density at radius 1 is 1.21 bits per heavy atom. The van der Waals surface area contributed by atoms with E-state index in [-0.39, 0.29) is 6.61 Å². The molecule has 0 aromatic carbocycles. The predicted molar refractivity (Wildman–Crippen MR) is 59.5 cm³/mol. The summed E-state index contributed by atoms with van der Waals surface area (Å²) in [4.78, 5) is 2.26. The summed E-state index contributed by atoms with van der Waals surface area (Å²) in [7, 11) is 1.71. The molecule has 3 nitrogen and oxygen atoms in total. The number of ether oxygens (including phenoxy) is 1. The molecule has 0 atom stereocenters. The molecule has 0 saturated carbocycles. The normalized spacial score (nSPS) is 11.6. The molecular formula is C11H25NO2. The zero-order valence-electron chi connectivity index (χ0n) is 9.83. The first-order valence-electron chi connectivity index (χ1n) is 5.52. The number of nitrogens with zero attached hydrogens (tertiary/aromatic N) is 1. The molecule has 0 saturated heterocycles. The molecule has 0 unspecified atom stereocenters. The van der Waals surface area contributed by atoms with Gasteiger partial charge in [0, 0.05) is 20.2 Å². The SMILES string of the molecule is COCCN(CCO)CCCC(C)C. The van der Waals surface area contributed by atoms with Crippen molar-refractivity contribution < 1.29 is 9.84 Å². The minimum absolute atomic E-state index is 0.241. The van der Waals surface area contributed by atoms with Gasteiger partial charge in [-0.3, -0.25) is 4.90 Å². The molecule has 0 aliphatic rings. The molecule has 0 aromatic rings. The Balaban J connectivity index is 3.50. The van der Waals surface area contributed by atoms with Crippen LogP contribution >= 0.6 is 0 Å². The van der Waals surface area contributed by atoms with E-state index in [1.807, 2.05) is 0 Å². The van der Waals surface area contributed by atoms with Gasteiger partial charge in [0.15, 0.2) is 0 Å². The Bertz CT molecular complexity index is 118. The van der Waals surface area contributed by atoms with Gasteiger partial charge in [-0.05, 0) is 25.3 Å². The molecule has 0 aromatic heterocycles. The maximum atomic E-state index is 8.86. The summed E-state index contributed by atoms with van der Waals surface area (Å²) >= 11 is 0. The van der Waals surface area contributed by atoms with Crippen molar-refractivity contribution in [3.63, 3.8) is 0 Å². The van der Waals surface area contributed by atoms with E-state index in [9.17, 15) is 0 Å². The molecule has 0 aliphatic heterocycles. The van der Waals surface area contributed by atoms with E-state index in [4.69, 9.17) is 9.84 Å². The summed E-state index contributed by atoms with van der Waals surface area (Å²) in [5, 5.41) is 8.86. The molecule has 1 N–H and O–H groups in total. The second-order valence-electron chi connectivity index (χ2n) is 4.09. The summed E-state index contributed by atoms with van der Waals surface area (Å²) in [5.41, 5.74) is 0. The van der Waals surface area contributed by atoms with Gasteiger partial charge in [0.25, 0.3) is 0 Å². The molecule has 0 amide bonds. The van der Waals surface area contributed by atoms with Crippen molar-refractivity contribution >= 4 is 0 Å². The Labute approximate surface area is 88.1 Å². The largest absolute Gasteiger partial charge is 0.395 e. The summed E-state index contributed by atoms with van der Waals surface area (Å²) in [5.74, 6) is 0.772. The van der Waals surface area contributed by atoms with Crippen LogP contribution in [0.2, 0.25) is 0 Å². The lowest BCUT2D eigenvalue weighted by Gasteiger charge is -2.21. The van der Waals surface area contributed by atoms with Crippen molar-refractivity contribution in [3.05, 3.63) is 0 Å². The van der Waals surface area contributed by atoms with Gasteiger partial charge < -0.3 is 9.84 Å². The topological polar surface area (TPSA) is 32.7 Å². The van der Waals surface area contributed by atoms with E-state index < -0.39 is 0 Å². The number of methoxy groups -OCH3 is 1. The first-order valence-corrected chi connectivity index (χ1v) is 5.52. The lowest BCUT2D eigenvalue weighted by Crippen LogP contribution is -2.31. The van der Waals surface area contributed by atoms with Crippen molar-refractivity contribution in [2.24, 2.45) is 5.92 Å². The average Bonchev–Trinajstić information content (AvgIpc) is 2.13. The van der Waals surface area contributed by atoms with Crippen molar-refractivity contribution in [1.82, 2.24) is 4.90 Å². The first-order chi connectivity index (χ1) is 6.70. The molecule has 0 aliphatic carbocycles. The lowest BCUT2D eigenvalue weighted by molar-refractivity contribution is 0.129. The third-order valence-electron chi connectivity index (χ3n) is 2.28. The van der Waals surface area contributed by atoms with Crippen LogP contribution < -0.4 is 0 Å². The van der Waals surface area contributed by atoms with Crippen LogP contribution in [0.15, 0.2) is 0 Å².